The Bertz CT molecular complexity index is 1270. The van der Waals surface area contributed by atoms with Gasteiger partial charge in [0, 0.05) is 5.69 Å². The molecule has 0 saturated carbocycles. The molecule has 1 aliphatic rings. The minimum atomic E-state index is -1.24. The molecule has 6 nitrogen and oxygen atoms in total. The molecule has 0 amide bonds. The van der Waals surface area contributed by atoms with Gasteiger partial charge in [-0.2, -0.15) is 0 Å². The van der Waals surface area contributed by atoms with E-state index >= 15 is 0 Å². The summed E-state index contributed by atoms with van der Waals surface area (Å²) in [6, 6.07) is 18.9. The summed E-state index contributed by atoms with van der Waals surface area (Å²) in [5, 5.41) is 6.89. The number of benzene rings is 3. The quantitative estimate of drug-likeness (QED) is 0.281. The van der Waals surface area contributed by atoms with Crippen LogP contribution in [0.3, 0.4) is 0 Å². The van der Waals surface area contributed by atoms with E-state index in [0.717, 1.165) is 47.6 Å². The molecule has 0 saturated heterocycles. The van der Waals surface area contributed by atoms with Crippen molar-refractivity contribution < 1.29 is 23.6 Å². The molecule has 0 aliphatic carbocycles. The summed E-state index contributed by atoms with van der Waals surface area (Å²) in [6.45, 7) is 17.0. The Morgan fingerprint density at radius 3 is 2.35 bits per heavy atom. The van der Waals surface area contributed by atoms with Crippen molar-refractivity contribution in [1.82, 2.24) is 0 Å². The van der Waals surface area contributed by atoms with E-state index in [4.69, 9.17) is 19.4 Å². The first-order valence-electron chi connectivity index (χ1n) is 13.9. The van der Waals surface area contributed by atoms with E-state index in [-0.39, 0.29) is 18.2 Å². The van der Waals surface area contributed by atoms with E-state index < -0.39 is 11.0 Å². The summed E-state index contributed by atoms with van der Waals surface area (Å²) in [5.41, 5.74) is 8.61. The van der Waals surface area contributed by atoms with E-state index in [0.29, 0.717) is 5.75 Å². The van der Waals surface area contributed by atoms with Crippen molar-refractivity contribution in [1.29, 1.82) is 0 Å². The van der Waals surface area contributed by atoms with Crippen LogP contribution in [0.4, 0.5) is 5.69 Å². The van der Waals surface area contributed by atoms with E-state index in [2.05, 4.69) is 88.7 Å². The van der Waals surface area contributed by atoms with Gasteiger partial charge >= 0.3 is 0 Å². The van der Waals surface area contributed by atoms with E-state index in [1.165, 1.54) is 22.3 Å². The lowest BCUT2D eigenvalue weighted by atomic mass is 9.90. The lowest BCUT2D eigenvalue weighted by Gasteiger charge is -2.28. The number of carboxylic acid groups (broad SMARTS) is 1. The standard InChI is InChI=1S/C30H37NO3S.C2H6.CH2O2/c1-20-9-11-23(12-10-20)19-35(32)31-26-16-21(2)29(27(18-26)22(3)34-30(4,5)6)25-13-14-28-24(17-25)8-7-15-33-28;1-2;2-1-3/h9-14,16-18,22,31H,7-8,15,19H2,1-6H3;1-2H3;1H,(H,2,3). The van der Waals surface area contributed by atoms with Gasteiger partial charge in [0.05, 0.1) is 24.1 Å². The van der Waals surface area contributed by atoms with Crippen molar-refractivity contribution in [2.24, 2.45) is 0 Å². The van der Waals surface area contributed by atoms with Crippen LogP contribution in [0, 0.1) is 13.8 Å². The summed E-state index contributed by atoms with van der Waals surface area (Å²) in [6.07, 6.45) is 1.94. The molecule has 0 fully saturated rings. The normalized spacial score (nSPS) is 13.7. The highest BCUT2D eigenvalue weighted by Crippen LogP contribution is 2.39. The summed E-state index contributed by atoms with van der Waals surface area (Å²) < 4.78 is 28.4. The van der Waals surface area contributed by atoms with E-state index in [9.17, 15) is 4.21 Å². The van der Waals surface area contributed by atoms with Gasteiger partial charge in [0.25, 0.3) is 6.47 Å². The molecule has 2 unspecified atom stereocenters. The number of hydrogen-bond acceptors (Lipinski definition) is 4. The fourth-order valence-corrected chi connectivity index (χ4v) is 5.65. The van der Waals surface area contributed by atoms with Crippen LogP contribution >= 0.6 is 0 Å². The molecule has 1 aliphatic heterocycles. The molecule has 4 rings (SSSR count). The number of hydrogen-bond donors (Lipinski definition) is 2. The third kappa shape index (κ3) is 9.79. The van der Waals surface area contributed by atoms with Crippen molar-refractivity contribution in [2.45, 2.75) is 85.7 Å². The molecule has 2 N–H and O–H groups in total. The van der Waals surface area contributed by atoms with Gasteiger partial charge in [-0.15, -0.1) is 0 Å². The third-order valence-corrected chi connectivity index (χ3v) is 7.24. The number of rotatable bonds is 7. The van der Waals surface area contributed by atoms with Gasteiger partial charge in [0.1, 0.15) is 16.7 Å². The molecular formula is C33H45NO5S. The predicted octanol–water partition coefficient (Wildman–Crippen LogP) is 8.17. The highest BCUT2D eigenvalue weighted by Gasteiger charge is 2.23. The number of nitrogens with one attached hydrogen (secondary N) is 1. The summed E-state index contributed by atoms with van der Waals surface area (Å²) in [7, 11) is -1.24. The molecule has 40 heavy (non-hydrogen) atoms. The number of anilines is 1. The van der Waals surface area contributed by atoms with Crippen LogP contribution in [-0.4, -0.2) is 28.0 Å². The zero-order valence-corrected chi connectivity index (χ0v) is 26.0. The van der Waals surface area contributed by atoms with Crippen LogP contribution in [0.25, 0.3) is 11.1 Å². The fraction of sp³-hybridized carbons (Fsp3) is 0.424. The van der Waals surface area contributed by atoms with E-state index in [1.807, 2.05) is 26.0 Å². The first-order valence-corrected chi connectivity index (χ1v) is 15.2. The van der Waals surface area contributed by atoms with Crippen LogP contribution in [0.15, 0.2) is 54.6 Å². The van der Waals surface area contributed by atoms with Gasteiger partial charge in [-0.05, 0) is 112 Å². The first kappa shape index (κ1) is 33.0. The Labute approximate surface area is 242 Å². The highest BCUT2D eigenvalue weighted by atomic mass is 32.2. The maximum Gasteiger partial charge on any atom is 0.290 e. The Kier molecular flexibility index (Phi) is 12.9. The van der Waals surface area contributed by atoms with Crippen molar-refractivity contribution in [3.63, 3.8) is 0 Å². The van der Waals surface area contributed by atoms with Crippen LogP contribution in [0.2, 0.25) is 0 Å². The first-order chi connectivity index (χ1) is 19.0. The summed E-state index contributed by atoms with van der Waals surface area (Å²) in [5.74, 6) is 1.44. The molecular weight excluding hydrogens is 522 g/mol. The molecule has 0 bridgehead atoms. The average molecular weight is 568 g/mol. The number of carbonyl (C=O) groups is 1. The minimum absolute atomic E-state index is 0.136. The molecule has 7 heteroatoms. The Balaban J connectivity index is 0.00000105. The number of fused-ring (bicyclic) bond motifs is 1. The molecule has 3 aromatic carbocycles. The second kappa shape index (κ2) is 15.6. The Hall–Kier alpha value is -3.16. The monoisotopic (exact) mass is 567 g/mol. The maximum absolute atomic E-state index is 13.0. The second-order valence-electron chi connectivity index (χ2n) is 10.6. The van der Waals surface area contributed by atoms with E-state index in [1.54, 1.807) is 0 Å². The largest absolute Gasteiger partial charge is 0.493 e. The smallest absolute Gasteiger partial charge is 0.290 e. The van der Waals surface area contributed by atoms with Crippen molar-refractivity contribution >= 4 is 23.1 Å². The molecule has 218 valence electrons. The zero-order valence-electron chi connectivity index (χ0n) is 25.2. The van der Waals surface area contributed by atoms with Gasteiger partial charge < -0.3 is 19.3 Å². The predicted molar refractivity (Wildman–Crippen MR) is 166 cm³/mol. The highest BCUT2D eigenvalue weighted by molar-refractivity contribution is 7.85. The lowest BCUT2D eigenvalue weighted by molar-refractivity contribution is -0.122. The molecule has 0 aromatic heterocycles. The SMILES string of the molecule is CC.Cc1ccc(CS(=O)Nc2cc(C)c(-c3ccc4c(c3)CCCO4)c(C(C)OC(C)(C)C)c2)cc1.O=CO. The van der Waals surface area contributed by atoms with Crippen molar-refractivity contribution in [3.8, 4) is 16.9 Å². The average Bonchev–Trinajstić information content (AvgIpc) is 2.90. The molecule has 1 heterocycles. The Morgan fingerprint density at radius 1 is 1.07 bits per heavy atom. The van der Waals surface area contributed by atoms with Crippen molar-refractivity contribution in [2.75, 3.05) is 11.3 Å². The maximum atomic E-state index is 13.0. The van der Waals surface area contributed by atoms with Gasteiger partial charge in [-0.25, -0.2) is 4.21 Å². The van der Waals surface area contributed by atoms with Gasteiger partial charge in [-0.1, -0.05) is 49.7 Å². The van der Waals surface area contributed by atoms with Crippen LogP contribution in [-0.2, 0) is 32.7 Å². The van der Waals surface area contributed by atoms with Crippen LogP contribution < -0.4 is 9.46 Å². The summed E-state index contributed by atoms with van der Waals surface area (Å²) in [4.78, 5) is 8.36. The van der Waals surface area contributed by atoms with Gasteiger partial charge in [-0.3, -0.25) is 4.79 Å². The fourth-order valence-electron chi connectivity index (χ4n) is 4.70. The lowest BCUT2D eigenvalue weighted by Crippen LogP contribution is -2.22. The van der Waals surface area contributed by atoms with Gasteiger partial charge in [0.15, 0.2) is 0 Å². The number of aryl methyl sites for hydroxylation is 3. The molecule has 2 atom stereocenters. The topological polar surface area (TPSA) is 84.9 Å². The van der Waals surface area contributed by atoms with Crippen molar-refractivity contribution in [3.05, 3.63) is 82.4 Å². The zero-order chi connectivity index (χ0) is 29.9. The number of ether oxygens (including phenoxy) is 2. The summed E-state index contributed by atoms with van der Waals surface area (Å²) >= 11 is 0. The second-order valence-corrected chi connectivity index (χ2v) is 11.8. The molecule has 0 radical (unpaired) electrons. The Morgan fingerprint density at radius 2 is 1.73 bits per heavy atom. The molecule has 3 aromatic rings. The van der Waals surface area contributed by atoms with Crippen LogP contribution in [0.5, 0.6) is 5.75 Å². The van der Waals surface area contributed by atoms with Crippen LogP contribution in [0.1, 0.15) is 81.9 Å². The molecule has 0 spiro atoms. The minimum Gasteiger partial charge on any atom is -0.493 e. The van der Waals surface area contributed by atoms with Gasteiger partial charge in [0.2, 0.25) is 0 Å². The third-order valence-electron chi connectivity index (χ3n) is 6.18.